The quantitative estimate of drug-likeness (QED) is 0.683. The number of likely N-dealkylation sites (N-methyl/N-ethyl adjacent to an activating group) is 1. The van der Waals surface area contributed by atoms with Gasteiger partial charge in [0.15, 0.2) is 0 Å². The molecule has 0 atom stereocenters. The first-order valence-corrected chi connectivity index (χ1v) is 10.7. The Morgan fingerprint density at radius 3 is 2.59 bits per heavy atom. The number of carbonyl (C=O) groups is 1. The average molecular weight is 438 g/mol. The lowest BCUT2D eigenvalue weighted by Crippen LogP contribution is -2.50. The summed E-state index contributed by atoms with van der Waals surface area (Å²) in [5, 5.41) is 7.96. The molecule has 3 aromatic rings. The number of H-pyrrole nitrogens is 1. The van der Waals surface area contributed by atoms with Crippen LogP contribution in [-0.2, 0) is 6.42 Å². The first-order chi connectivity index (χ1) is 15.5. The second kappa shape index (κ2) is 10.2. The van der Waals surface area contributed by atoms with Gasteiger partial charge >= 0.3 is 0 Å². The van der Waals surface area contributed by atoms with Crippen molar-refractivity contribution in [3.63, 3.8) is 0 Å². The van der Waals surface area contributed by atoms with E-state index in [0.717, 1.165) is 16.8 Å². The minimum atomic E-state index is -0.558. The summed E-state index contributed by atoms with van der Waals surface area (Å²) in [6, 6.07) is 11.7. The number of aliphatic imine (C=N–C) groups is 1. The van der Waals surface area contributed by atoms with Crippen molar-refractivity contribution in [2.75, 3.05) is 33.7 Å². The van der Waals surface area contributed by atoms with Crippen LogP contribution in [-0.4, -0.2) is 65.5 Å². The highest BCUT2D eigenvalue weighted by Gasteiger charge is 2.26. The molecule has 1 aromatic heterocycles. The van der Waals surface area contributed by atoms with Gasteiger partial charge in [0.25, 0.3) is 11.5 Å². The molecule has 2 aromatic carbocycles. The fourth-order valence-corrected chi connectivity index (χ4v) is 3.70. The maximum absolute atomic E-state index is 14.5. The van der Waals surface area contributed by atoms with Crippen LogP contribution in [0.25, 0.3) is 10.8 Å². The molecule has 0 aliphatic carbocycles. The molecule has 1 fully saturated rings. The van der Waals surface area contributed by atoms with Crippen LogP contribution in [0.3, 0.4) is 0 Å². The number of aromatic amines is 1. The van der Waals surface area contributed by atoms with E-state index in [4.69, 9.17) is 0 Å². The van der Waals surface area contributed by atoms with E-state index in [1.165, 1.54) is 6.07 Å². The first kappa shape index (κ1) is 23.1. The average Bonchev–Trinajstić information content (AvgIpc) is 2.83. The van der Waals surface area contributed by atoms with Crippen LogP contribution in [0.15, 0.2) is 52.3 Å². The number of amides is 1. The van der Waals surface area contributed by atoms with Crippen molar-refractivity contribution < 1.29 is 9.18 Å². The third kappa shape index (κ3) is 4.69. The summed E-state index contributed by atoms with van der Waals surface area (Å²) in [6.07, 6.45) is 0.363. The Kier molecular flexibility index (Phi) is 7.35. The molecule has 1 amide bonds. The number of rotatable bonds is 3. The van der Waals surface area contributed by atoms with Gasteiger partial charge in [-0.15, -0.1) is 0 Å². The molecule has 2 heterocycles. The lowest BCUT2D eigenvalue weighted by atomic mass is 10.0. The number of fused-ring (bicyclic) bond motifs is 1. The van der Waals surface area contributed by atoms with Crippen LogP contribution in [0, 0.1) is 5.82 Å². The van der Waals surface area contributed by atoms with E-state index < -0.39 is 5.82 Å². The Morgan fingerprint density at radius 1 is 1.16 bits per heavy atom. The summed E-state index contributed by atoms with van der Waals surface area (Å²) in [5.41, 5.74) is 1.17. The monoisotopic (exact) mass is 437 g/mol. The summed E-state index contributed by atoms with van der Waals surface area (Å²) in [7, 11) is 3.61. The zero-order chi connectivity index (χ0) is 23.3. The molecular weight excluding hydrogens is 409 g/mol. The number of hydrogen-bond acceptors (Lipinski definition) is 4. The number of piperazine rings is 1. The van der Waals surface area contributed by atoms with Gasteiger partial charge in [-0.25, -0.2) is 9.49 Å². The molecule has 1 aliphatic heterocycles. The molecule has 32 heavy (non-hydrogen) atoms. The first-order valence-electron chi connectivity index (χ1n) is 10.7. The van der Waals surface area contributed by atoms with E-state index in [-0.39, 0.29) is 17.0 Å². The van der Waals surface area contributed by atoms with Crippen molar-refractivity contribution in [2.24, 2.45) is 4.99 Å². The fraction of sp³-hybridized carbons (Fsp3) is 0.333. The van der Waals surface area contributed by atoms with Gasteiger partial charge in [0, 0.05) is 39.0 Å². The lowest BCUT2D eigenvalue weighted by molar-refractivity contribution is 0.0746. The third-order valence-electron chi connectivity index (χ3n) is 5.43. The molecule has 8 heteroatoms. The molecule has 1 N–H and O–H groups in total. The molecule has 4 rings (SSSR count). The van der Waals surface area contributed by atoms with Gasteiger partial charge in [-0.1, -0.05) is 38.1 Å². The maximum atomic E-state index is 14.5. The summed E-state index contributed by atoms with van der Waals surface area (Å²) < 4.78 is 14.5. The minimum absolute atomic E-state index is 0.0289. The minimum Gasteiger partial charge on any atom is -0.360 e. The van der Waals surface area contributed by atoms with Crippen LogP contribution in [0.1, 0.15) is 35.5 Å². The van der Waals surface area contributed by atoms with Crippen molar-refractivity contribution in [1.82, 2.24) is 20.0 Å². The summed E-state index contributed by atoms with van der Waals surface area (Å²) in [5.74, 6) is -0.130. The zero-order valence-corrected chi connectivity index (χ0v) is 18.9. The van der Waals surface area contributed by atoms with Gasteiger partial charge in [0.1, 0.15) is 11.7 Å². The standard InChI is InChI=1S/C22H22FN5O2.C2H6/c1-24-20-13-28(10-9-27(20)2)22(30)17-11-14(7-8-18(17)23)12-19-15-5-3-4-6-16(15)21(29)26-25-19;1-2/h3-8,11H,9-10,12-13H2,1-2H3,(H,26,29);1-2H3. The fourth-order valence-electron chi connectivity index (χ4n) is 3.70. The van der Waals surface area contributed by atoms with Gasteiger partial charge < -0.3 is 9.80 Å². The Bertz CT molecular complexity index is 1200. The molecular formula is C24H28FN5O2. The van der Waals surface area contributed by atoms with E-state index in [0.29, 0.717) is 37.1 Å². The zero-order valence-electron chi connectivity index (χ0n) is 18.9. The molecule has 0 unspecified atom stereocenters. The highest BCUT2D eigenvalue weighted by atomic mass is 19.1. The Balaban J connectivity index is 0.00000141. The molecule has 7 nitrogen and oxygen atoms in total. The number of hydrogen-bond donors (Lipinski definition) is 1. The number of amidine groups is 1. The van der Waals surface area contributed by atoms with Gasteiger partial charge in [-0.05, 0) is 23.8 Å². The lowest BCUT2D eigenvalue weighted by Gasteiger charge is -2.34. The third-order valence-corrected chi connectivity index (χ3v) is 5.43. The summed E-state index contributed by atoms with van der Waals surface area (Å²) in [4.78, 5) is 32.8. The smallest absolute Gasteiger partial charge is 0.272 e. The van der Waals surface area contributed by atoms with E-state index >= 15 is 0 Å². The van der Waals surface area contributed by atoms with E-state index in [1.807, 2.05) is 37.9 Å². The maximum Gasteiger partial charge on any atom is 0.272 e. The molecule has 1 aliphatic rings. The number of benzene rings is 2. The number of aromatic nitrogens is 2. The van der Waals surface area contributed by atoms with Crippen molar-refractivity contribution in [3.05, 3.63) is 75.5 Å². The molecule has 0 bridgehead atoms. The number of carbonyl (C=O) groups excluding carboxylic acids is 1. The van der Waals surface area contributed by atoms with Crippen LogP contribution in [0.2, 0.25) is 0 Å². The second-order valence-electron chi connectivity index (χ2n) is 7.32. The van der Waals surface area contributed by atoms with Crippen molar-refractivity contribution >= 4 is 22.5 Å². The van der Waals surface area contributed by atoms with E-state index in [1.54, 1.807) is 36.2 Å². The van der Waals surface area contributed by atoms with Crippen LogP contribution in [0.4, 0.5) is 4.39 Å². The largest absolute Gasteiger partial charge is 0.360 e. The highest BCUT2D eigenvalue weighted by molar-refractivity contribution is 5.98. The van der Waals surface area contributed by atoms with Crippen molar-refractivity contribution in [1.29, 1.82) is 0 Å². The van der Waals surface area contributed by atoms with Crippen molar-refractivity contribution in [2.45, 2.75) is 20.3 Å². The Hall–Kier alpha value is -3.55. The van der Waals surface area contributed by atoms with Gasteiger partial charge in [0.2, 0.25) is 0 Å². The molecule has 0 saturated carbocycles. The highest BCUT2D eigenvalue weighted by Crippen LogP contribution is 2.20. The summed E-state index contributed by atoms with van der Waals surface area (Å²) >= 11 is 0. The molecule has 168 valence electrons. The topological polar surface area (TPSA) is 81.7 Å². The SMILES string of the molecule is CC.CN=C1CN(C(=O)c2cc(Cc3n[nH]c(=O)c4ccccc34)ccc2F)CCN1C. The summed E-state index contributed by atoms with van der Waals surface area (Å²) in [6.45, 7) is 5.50. The predicted octanol–water partition coefficient (Wildman–Crippen LogP) is 3.10. The second-order valence-corrected chi connectivity index (χ2v) is 7.32. The van der Waals surface area contributed by atoms with E-state index in [2.05, 4.69) is 15.2 Å². The predicted molar refractivity (Wildman–Crippen MR) is 125 cm³/mol. The normalized spacial score (nSPS) is 15.0. The van der Waals surface area contributed by atoms with Gasteiger partial charge in [-0.2, -0.15) is 5.10 Å². The van der Waals surface area contributed by atoms with Crippen molar-refractivity contribution in [3.8, 4) is 0 Å². The number of nitrogens with one attached hydrogen (secondary N) is 1. The number of nitrogens with zero attached hydrogens (tertiary/aromatic N) is 4. The molecule has 0 radical (unpaired) electrons. The Morgan fingerprint density at radius 2 is 1.88 bits per heavy atom. The van der Waals surface area contributed by atoms with E-state index in [9.17, 15) is 14.0 Å². The van der Waals surface area contributed by atoms with Crippen LogP contribution >= 0.6 is 0 Å². The van der Waals surface area contributed by atoms with Gasteiger partial charge in [-0.3, -0.25) is 14.6 Å². The molecule has 1 saturated heterocycles. The number of halogens is 1. The van der Waals surface area contributed by atoms with Crippen LogP contribution < -0.4 is 5.56 Å². The van der Waals surface area contributed by atoms with Crippen LogP contribution in [0.5, 0.6) is 0 Å². The molecule has 0 spiro atoms. The van der Waals surface area contributed by atoms with Gasteiger partial charge in [0.05, 0.1) is 23.2 Å². The Labute approximate surface area is 186 Å².